The van der Waals surface area contributed by atoms with Crippen molar-refractivity contribution in [3.05, 3.63) is 0 Å². The van der Waals surface area contributed by atoms with Gasteiger partial charge < -0.3 is 9.94 Å². The Kier molecular flexibility index (Phi) is 4.43. The van der Waals surface area contributed by atoms with Gasteiger partial charge in [-0.1, -0.05) is 11.6 Å². The fourth-order valence-electron chi connectivity index (χ4n) is 1.90. The largest absolute Gasteiger partial charge is 0.469 e. The summed E-state index contributed by atoms with van der Waals surface area (Å²) in [6.07, 6.45) is 5.30. The molecule has 0 aromatic heterocycles. The summed E-state index contributed by atoms with van der Waals surface area (Å²) >= 11 is 0. The maximum atomic E-state index is 10.9. The number of methoxy groups -OCH3 is 1. The third-order valence-corrected chi connectivity index (χ3v) is 2.76. The highest BCUT2D eigenvalue weighted by Gasteiger charge is 2.21. The standard InChI is InChI=1S/C10H17NO3/c1-14-10(12)7-6-8-4-2-3-5-9(8)11-13/h8,13H,2-7H2,1H3/b11-9-/t8-/m0/s1. The zero-order valence-corrected chi connectivity index (χ0v) is 8.53. The molecule has 0 aromatic carbocycles. The van der Waals surface area contributed by atoms with Crippen molar-refractivity contribution < 1.29 is 14.7 Å². The highest BCUT2D eigenvalue weighted by Crippen LogP contribution is 2.25. The molecule has 80 valence electrons. The van der Waals surface area contributed by atoms with Crippen LogP contribution in [0.25, 0.3) is 0 Å². The minimum Gasteiger partial charge on any atom is -0.469 e. The predicted octanol–water partition coefficient (Wildman–Crippen LogP) is 1.96. The molecule has 1 fully saturated rings. The number of rotatable bonds is 3. The van der Waals surface area contributed by atoms with E-state index in [1.54, 1.807) is 0 Å². The molecule has 0 saturated heterocycles. The Bertz CT molecular complexity index is 225. The average Bonchev–Trinajstić information content (AvgIpc) is 2.26. The van der Waals surface area contributed by atoms with Crippen molar-refractivity contribution in [3.8, 4) is 0 Å². The van der Waals surface area contributed by atoms with Crippen LogP contribution in [0.3, 0.4) is 0 Å². The Balaban J connectivity index is 2.37. The van der Waals surface area contributed by atoms with Gasteiger partial charge in [0.05, 0.1) is 12.8 Å². The van der Waals surface area contributed by atoms with Crippen LogP contribution in [0.1, 0.15) is 38.5 Å². The van der Waals surface area contributed by atoms with Crippen LogP contribution in [0, 0.1) is 5.92 Å². The maximum Gasteiger partial charge on any atom is 0.305 e. The second-order valence-electron chi connectivity index (χ2n) is 3.65. The van der Waals surface area contributed by atoms with Gasteiger partial charge >= 0.3 is 5.97 Å². The Morgan fingerprint density at radius 1 is 1.64 bits per heavy atom. The SMILES string of the molecule is COC(=O)CC[C@@H]1CCCC/C1=N/O. The molecule has 4 nitrogen and oxygen atoms in total. The highest BCUT2D eigenvalue weighted by molar-refractivity contribution is 5.87. The number of esters is 1. The van der Waals surface area contributed by atoms with E-state index in [4.69, 9.17) is 5.21 Å². The monoisotopic (exact) mass is 199 g/mol. The van der Waals surface area contributed by atoms with E-state index in [1.165, 1.54) is 7.11 Å². The van der Waals surface area contributed by atoms with Crippen molar-refractivity contribution in [3.63, 3.8) is 0 Å². The summed E-state index contributed by atoms with van der Waals surface area (Å²) in [6.45, 7) is 0. The molecule has 0 aliphatic heterocycles. The average molecular weight is 199 g/mol. The highest BCUT2D eigenvalue weighted by atomic mass is 16.5. The molecule has 1 atom stereocenters. The van der Waals surface area contributed by atoms with E-state index < -0.39 is 0 Å². The molecular formula is C10H17NO3. The quantitative estimate of drug-likeness (QED) is 0.429. The summed E-state index contributed by atoms with van der Waals surface area (Å²) in [5.74, 6) is 0.0840. The van der Waals surface area contributed by atoms with E-state index >= 15 is 0 Å². The molecule has 1 N–H and O–H groups in total. The lowest BCUT2D eigenvalue weighted by atomic mass is 9.84. The van der Waals surface area contributed by atoms with Crippen molar-refractivity contribution in [1.82, 2.24) is 0 Å². The number of nitrogens with zero attached hydrogens (tertiary/aromatic N) is 1. The molecule has 14 heavy (non-hydrogen) atoms. The lowest BCUT2D eigenvalue weighted by Gasteiger charge is -2.22. The fourth-order valence-corrected chi connectivity index (χ4v) is 1.90. The summed E-state index contributed by atoms with van der Waals surface area (Å²) in [5, 5.41) is 12.1. The van der Waals surface area contributed by atoms with Gasteiger partial charge in [-0.15, -0.1) is 0 Å². The van der Waals surface area contributed by atoms with E-state index in [1.807, 2.05) is 0 Å². The molecule has 4 heteroatoms. The second kappa shape index (κ2) is 5.62. The van der Waals surface area contributed by atoms with Gasteiger partial charge in [-0.25, -0.2) is 0 Å². The number of ether oxygens (including phenoxy) is 1. The molecule has 0 heterocycles. The number of carbonyl (C=O) groups excluding carboxylic acids is 1. The molecule has 0 aromatic rings. The van der Waals surface area contributed by atoms with Gasteiger partial charge in [0.2, 0.25) is 0 Å². The number of carbonyl (C=O) groups is 1. The van der Waals surface area contributed by atoms with Crippen LogP contribution in [0.5, 0.6) is 0 Å². The molecule has 0 radical (unpaired) electrons. The zero-order valence-electron chi connectivity index (χ0n) is 8.53. The van der Waals surface area contributed by atoms with Gasteiger partial charge in [-0.2, -0.15) is 0 Å². The first-order chi connectivity index (χ1) is 6.77. The molecule has 1 saturated carbocycles. The molecule has 0 spiro atoms. The van der Waals surface area contributed by atoms with Gasteiger partial charge in [-0.3, -0.25) is 4.79 Å². The molecule has 0 amide bonds. The Morgan fingerprint density at radius 3 is 3.07 bits per heavy atom. The molecule has 0 unspecified atom stereocenters. The number of hydrogen-bond donors (Lipinski definition) is 1. The Labute approximate surface area is 83.9 Å². The topological polar surface area (TPSA) is 58.9 Å². The van der Waals surface area contributed by atoms with E-state index in [2.05, 4.69) is 9.89 Å². The van der Waals surface area contributed by atoms with Crippen molar-refractivity contribution in [2.75, 3.05) is 7.11 Å². The molecule has 1 aliphatic carbocycles. The van der Waals surface area contributed by atoms with Crippen LogP contribution in [-0.4, -0.2) is 24.0 Å². The third kappa shape index (κ3) is 3.01. The first-order valence-corrected chi connectivity index (χ1v) is 5.05. The predicted molar refractivity (Wildman–Crippen MR) is 52.4 cm³/mol. The summed E-state index contributed by atoms with van der Waals surface area (Å²) in [6, 6.07) is 0. The lowest BCUT2D eigenvalue weighted by molar-refractivity contribution is -0.140. The van der Waals surface area contributed by atoms with Gasteiger partial charge in [-0.05, 0) is 25.7 Å². The fraction of sp³-hybridized carbons (Fsp3) is 0.800. The van der Waals surface area contributed by atoms with Gasteiger partial charge in [0, 0.05) is 12.3 Å². The summed E-state index contributed by atoms with van der Waals surface area (Å²) in [5.41, 5.74) is 0.847. The van der Waals surface area contributed by atoms with Crippen LogP contribution < -0.4 is 0 Å². The number of hydrogen-bond acceptors (Lipinski definition) is 4. The lowest BCUT2D eigenvalue weighted by Crippen LogP contribution is -2.20. The van der Waals surface area contributed by atoms with Gasteiger partial charge in [0.1, 0.15) is 0 Å². The van der Waals surface area contributed by atoms with Crippen molar-refractivity contribution in [1.29, 1.82) is 0 Å². The van der Waals surface area contributed by atoms with Crippen LogP contribution in [0.15, 0.2) is 5.16 Å². The molecular weight excluding hydrogens is 182 g/mol. The van der Waals surface area contributed by atoms with Crippen LogP contribution in [0.2, 0.25) is 0 Å². The van der Waals surface area contributed by atoms with Gasteiger partial charge in [0.25, 0.3) is 0 Å². The summed E-state index contributed by atoms with van der Waals surface area (Å²) < 4.78 is 4.57. The third-order valence-electron chi connectivity index (χ3n) is 2.76. The second-order valence-corrected chi connectivity index (χ2v) is 3.65. The Hall–Kier alpha value is -1.06. The van der Waals surface area contributed by atoms with Crippen molar-refractivity contribution >= 4 is 11.7 Å². The van der Waals surface area contributed by atoms with Crippen LogP contribution in [-0.2, 0) is 9.53 Å². The maximum absolute atomic E-state index is 10.9. The molecule has 1 aliphatic rings. The molecule has 1 rings (SSSR count). The van der Waals surface area contributed by atoms with E-state index in [9.17, 15) is 4.79 Å². The number of oxime groups is 1. The smallest absolute Gasteiger partial charge is 0.305 e. The molecule has 0 bridgehead atoms. The zero-order chi connectivity index (χ0) is 10.4. The van der Waals surface area contributed by atoms with Crippen LogP contribution >= 0.6 is 0 Å². The Morgan fingerprint density at radius 2 is 2.43 bits per heavy atom. The van der Waals surface area contributed by atoms with E-state index in [0.717, 1.165) is 37.8 Å². The summed E-state index contributed by atoms with van der Waals surface area (Å²) in [4.78, 5) is 10.9. The first kappa shape index (κ1) is 11.0. The van der Waals surface area contributed by atoms with Crippen molar-refractivity contribution in [2.45, 2.75) is 38.5 Å². The summed E-state index contributed by atoms with van der Waals surface area (Å²) in [7, 11) is 1.39. The van der Waals surface area contributed by atoms with Gasteiger partial charge in [0.15, 0.2) is 0 Å². The first-order valence-electron chi connectivity index (χ1n) is 5.05. The minimum atomic E-state index is -0.187. The minimum absolute atomic E-state index is 0.187. The van der Waals surface area contributed by atoms with E-state index in [-0.39, 0.29) is 11.9 Å². The van der Waals surface area contributed by atoms with E-state index in [0.29, 0.717) is 6.42 Å². The normalized spacial score (nSPS) is 24.9. The van der Waals surface area contributed by atoms with Crippen molar-refractivity contribution in [2.24, 2.45) is 11.1 Å². The van der Waals surface area contributed by atoms with Crippen LogP contribution in [0.4, 0.5) is 0 Å².